The highest BCUT2D eigenvalue weighted by molar-refractivity contribution is 4.95. The normalized spacial score (nSPS) is 44.2. The lowest BCUT2D eigenvalue weighted by molar-refractivity contribution is -0.333. The molecule has 0 radical (unpaired) electrons. The van der Waals surface area contributed by atoms with Crippen LogP contribution in [0.2, 0.25) is 0 Å². The maximum absolute atomic E-state index is 11.1. The van der Waals surface area contributed by atoms with Gasteiger partial charge in [0.2, 0.25) is 0 Å². The van der Waals surface area contributed by atoms with E-state index < -0.39 is 80.7 Å². The standard InChI is InChI=1S/C98H182O16/c1-67-20-12-27-74(8)82-43-39-77(56-82)30-15-23-70(4)47-52-107-63-86(61-99)109-54-49-72(6)25-16-31-78-41-45-84(58-78)76(10)29-14-22-69(3)37-38-81-34-19-51-98(11,60-81)85-46-42-80(59-85)33-18-24-71(5)48-53-108-64-87(110-55-50-73(7)26-17-32-79-40-44-83(57-79)75(9)28-13-21-68(2)36-35-67)65-111-96-95(106)93(104)91(102)89(114-96)66-112-97-94(105)92(103)90(101)88(62-100)113-97/h67-97,99-106H,12-66H2,1-11H3/t67?,68?,69?,70?,71?,72?,73?,74?,75?,76?,77?,78?,79?,80?,81?,82?,83?,84?,85?,86?,87?,88-,89-,90-,91-,92+,93+,94-,95-,96-,97-,98?/m1/s1. The van der Waals surface area contributed by atoms with E-state index in [2.05, 4.69) is 76.2 Å². The van der Waals surface area contributed by atoms with Gasteiger partial charge in [-0.2, -0.15) is 0 Å². The first-order valence-corrected chi connectivity index (χ1v) is 49.1. The Hall–Kier alpha value is -0.640. The van der Waals surface area contributed by atoms with Gasteiger partial charge in [0.15, 0.2) is 12.6 Å². The van der Waals surface area contributed by atoms with Crippen molar-refractivity contribution in [1.29, 1.82) is 0 Å². The van der Waals surface area contributed by atoms with E-state index in [1.54, 1.807) is 0 Å². The molecule has 0 aromatic carbocycles. The second-order valence-electron chi connectivity index (χ2n) is 42.0. The van der Waals surface area contributed by atoms with E-state index in [1.165, 1.54) is 257 Å². The molecule has 3 saturated heterocycles. The van der Waals surface area contributed by atoms with Crippen LogP contribution in [0.5, 0.6) is 0 Å². The number of aliphatic hydroxyl groups excluding tert-OH is 8. The van der Waals surface area contributed by atoms with E-state index in [9.17, 15) is 40.9 Å². The Labute approximate surface area is 697 Å². The lowest BCUT2D eigenvalue weighted by atomic mass is 9.62. The molecule has 16 heteroatoms. The van der Waals surface area contributed by atoms with Gasteiger partial charge in [-0.25, -0.2) is 0 Å². The summed E-state index contributed by atoms with van der Waals surface area (Å²) < 4.78 is 48.7. The highest BCUT2D eigenvalue weighted by atomic mass is 16.7. The minimum absolute atomic E-state index is 0.00197. The van der Waals surface area contributed by atoms with Crippen molar-refractivity contribution < 1.29 is 78.7 Å². The maximum Gasteiger partial charge on any atom is 0.186 e. The third-order valence-electron chi connectivity index (χ3n) is 32.0. The average Bonchev–Trinajstić information content (AvgIpc) is 1.56. The van der Waals surface area contributed by atoms with Crippen molar-refractivity contribution in [3.63, 3.8) is 0 Å². The molecule has 8 fully saturated rings. The zero-order valence-electron chi connectivity index (χ0n) is 75.1. The molecule has 5 saturated carbocycles. The van der Waals surface area contributed by atoms with Crippen molar-refractivity contribution in [3.05, 3.63) is 0 Å². The molecule has 0 amide bonds. The second kappa shape index (κ2) is 53.5. The molecule has 16 nitrogen and oxygen atoms in total. The molecule has 114 heavy (non-hydrogen) atoms. The molecule has 10 bridgehead atoms. The fourth-order valence-corrected chi connectivity index (χ4v) is 23.1. The van der Waals surface area contributed by atoms with Gasteiger partial charge in [-0.3, -0.25) is 0 Å². The number of fused-ring (bicyclic) bond motifs is 11. The van der Waals surface area contributed by atoms with Crippen LogP contribution in [0.25, 0.3) is 0 Å². The molecule has 3 aliphatic heterocycles. The summed E-state index contributed by atoms with van der Waals surface area (Å²) in [5.41, 5.74) is 0.498. The predicted molar refractivity (Wildman–Crippen MR) is 459 cm³/mol. The van der Waals surface area contributed by atoms with E-state index in [0.29, 0.717) is 55.5 Å². The fourth-order valence-electron chi connectivity index (χ4n) is 23.1. The van der Waals surface area contributed by atoms with Crippen LogP contribution in [-0.4, -0.2) is 181 Å². The maximum atomic E-state index is 11.1. The SMILES string of the molecule is CC1CCCC2CCC(C2)C(C)CCCC(C)CCC(C)CCCC(C)C2CCC(CCCC(C)CCOC(CO[C@@H]3O[C@H](CO[C@@H]4O[C@H](CO)[C@@H](O)[C@H](O)[C@H]4O)[C@@H](O)[C@H](O)[C@H]3O)COCCC(C)CCCC3CCC(C3)C3(C)CCCC(CCC(C)CCCC(C)C4CCC(CCCC(C)CCOC(CO)COCC1)C4)C3)C2. The van der Waals surface area contributed by atoms with Crippen molar-refractivity contribution in [3.8, 4) is 0 Å². The lowest BCUT2D eigenvalue weighted by Crippen LogP contribution is -2.61. The first-order valence-electron chi connectivity index (χ1n) is 49.1. The van der Waals surface area contributed by atoms with Crippen LogP contribution in [0.3, 0.4) is 0 Å². The van der Waals surface area contributed by atoms with E-state index >= 15 is 0 Å². The minimum Gasteiger partial charge on any atom is -0.394 e. The summed E-state index contributed by atoms with van der Waals surface area (Å²) in [6, 6.07) is 0. The molecule has 8 N–H and O–H groups in total. The average molecular weight is 1620 g/mol. The molecule has 0 spiro atoms. The fraction of sp³-hybridized carbons (Fsp3) is 1.00. The third-order valence-corrected chi connectivity index (χ3v) is 32.0. The van der Waals surface area contributed by atoms with Gasteiger partial charge in [-0.05, 0) is 208 Å². The Morgan fingerprint density at radius 2 is 0.658 bits per heavy atom. The van der Waals surface area contributed by atoms with Crippen LogP contribution >= 0.6 is 0 Å². The largest absolute Gasteiger partial charge is 0.394 e. The monoisotopic (exact) mass is 1620 g/mol. The zero-order valence-corrected chi connectivity index (χ0v) is 75.1. The van der Waals surface area contributed by atoms with Crippen LogP contribution in [-0.2, 0) is 37.9 Å². The van der Waals surface area contributed by atoms with Gasteiger partial charge in [0.05, 0.1) is 39.6 Å². The Morgan fingerprint density at radius 3 is 1.11 bits per heavy atom. The molecule has 32 atom stereocenters. The molecule has 0 aromatic heterocycles. The molecule has 0 aromatic rings. The van der Waals surface area contributed by atoms with Crippen LogP contribution in [0.4, 0.5) is 0 Å². The zero-order chi connectivity index (χ0) is 81.9. The van der Waals surface area contributed by atoms with Crippen LogP contribution in [0.1, 0.15) is 365 Å². The summed E-state index contributed by atoms with van der Waals surface area (Å²) in [7, 11) is 0. The van der Waals surface area contributed by atoms with Crippen molar-refractivity contribution in [2.75, 3.05) is 66.1 Å². The number of hydrogen-bond acceptors (Lipinski definition) is 16. The molecule has 8 rings (SSSR count). The smallest absolute Gasteiger partial charge is 0.186 e. The van der Waals surface area contributed by atoms with Crippen molar-refractivity contribution >= 4 is 0 Å². The van der Waals surface area contributed by atoms with Gasteiger partial charge in [0, 0.05) is 26.4 Å². The van der Waals surface area contributed by atoms with Crippen molar-refractivity contribution in [2.45, 2.75) is 439 Å². The van der Waals surface area contributed by atoms with E-state index in [-0.39, 0.29) is 25.9 Å². The molecule has 22 unspecified atom stereocenters. The number of rotatable bonds is 8. The third kappa shape index (κ3) is 34.8. The lowest BCUT2D eigenvalue weighted by Gasteiger charge is -2.43. The summed E-state index contributed by atoms with van der Waals surface area (Å²) in [6.45, 7) is 29.8. The topological polar surface area (TPSA) is 236 Å². The van der Waals surface area contributed by atoms with E-state index in [4.69, 9.17) is 37.9 Å². The number of hydrogen-bond donors (Lipinski definition) is 8. The van der Waals surface area contributed by atoms with Gasteiger partial charge in [-0.15, -0.1) is 0 Å². The Morgan fingerprint density at radius 1 is 0.307 bits per heavy atom. The van der Waals surface area contributed by atoms with E-state index in [1.807, 2.05) is 0 Å². The van der Waals surface area contributed by atoms with E-state index in [0.717, 1.165) is 127 Å². The summed E-state index contributed by atoms with van der Waals surface area (Å²) in [5, 5.41) is 84.2. The van der Waals surface area contributed by atoms with Crippen molar-refractivity contribution in [1.82, 2.24) is 0 Å². The van der Waals surface area contributed by atoms with Gasteiger partial charge in [0.1, 0.15) is 61.0 Å². The predicted octanol–water partition coefficient (Wildman–Crippen LogP) is 20.0. The first-order chi connectivity index (χ1) is 54.9. The molecule has 3 heterocycles. The van der Waals surface area contributed by atoms with Crippen LogP contribution in [0.15, 0.2) is 0 Å². The number of ether oxygens (including phenoxy) is 8. The Kier molecular flexibility index (Phi) is 46.4. The molecular formula is C98H182O16. The number of aliphatic hydroxyl groups is 8. The molecule has 5 aliphatic carbocycles. The van der Waals surface area contributed by atoms with Gasteiger partial charge >= 0.3 is 0 Å². The summed E-state index contributed by atoms with van der Waals surface area (Å²) >= 11 is 0. The summed E-state index contributed by atoms with van der Waals surface area (Å²) in [4.78, 5) is 0. The van der Waals surface area contributed by atoms with Crippen LogP contribution in [0, 0.1) is 118 Å². The Bertz CT molecular complexity index is 2440. The van der Waals surface area contributed by atoms with Gasteiger partial charge < -0.3 is 78.7 Å². The highest BCUT2D eigenvalue weighted by Gasteiger charge is 2.49. The van der Waals surface area contributed by atoms with Crippen molar-refractivity contribution in [2.24, 2.45) is 118 Å². The Balaban J connectivity index is 0.774. The summed E-state index contributed by atoms with van der Waals surface area (Å²) in [5.74, 6) is 15.3. The van der Waals surface area contributed by atoms with Gasteiger partial charge in [-0.1, -0.05) is 275 Å². The molecule has 8 aliphatic rings. The molecule has 670 valence electrons. The molecular weight excluding hydrogens is 1430 g/mol. The quantitative estimate of drug-likeness (QED) is 0.113. The highest BCUT2D eigenvalue weighted by Crippen LogP contribution is 2.54. The first kappa shape index (κ1) is 98.8. The summed E-state index contributed by atoms with van der Waals surface area (Å²) in [6.07, 6.45) is 44.6. The second-order valence-corrected chi connectivity index (χ2v) is 42.0. The van der Waals surface area contributed by atoms with Crippen LogP contribution < -0.4 is 0 Å². The van der Waals surface area contributed by atoms with Gasteiger partial charge in [0.25, 0.3) is 0 Å². The minimum atomic E-state index is -1.66.